The number of alkyl halides is 1. The van der Waals surface area contributed by atoms with E-state index in [2.05, 4.69) is 12.1 Å². The van der Waals surface area contributed by atoms with Gasteiger partial charge in [-0.15, -0.1) is 0 Å². The molecule has 1 aliphatic heterocycles. The van der Waals surface area contributed by atoms with E-state index in [1.807, 2.05) is 12.1 Å². The second-order valence-electron chi connectivity index (χ2n) is 5.69. The van der Waals surface area contributed by atoms with E-state index in [9.17, 15) is 4.39 Å². The Hall–Kier alpha value is -1.09. The molecule has 3 heteroatoms. The molecule has 3 rings (SSSR count). The van der Waals surface area contributed by atoms with Gasteiger partial charge in [0.15, 0.2) is 0 Å². The fraction of sp³-hybridized carbons (Fsp3) is 0.625. The minimum Gasteiger partial charge on any atom is -0.497 e. The molecule has 0 N–H and O–H groups in total. The van der Waals surface area contributed by atoms with Gasteiger partial charge >= 0.3 is 0 Å². The van der Waals surface area contributed by atoms with Gasteiger partial charge in [-0.25, -0.2) is 4.39 Å². The Balaban J connectivity index is 1.82. The molecule has 1 saturated heterocycles. The summed E-state index contributed by atoms with van der Waals surface area (Å²) in [5.41, 5.74) is 1.17. The molecule has 1 aromatic rings. The second kappa shape index (κ2) is 5.49. The lowest BCUT2D eigenvalue weighted by Crippen LogP contribution is -2.36. The van der Waals surface area contributed by atoms with Crippen molar-refractivity contribution in [1.82, 2.24) is 0 Å². The summed E-state index contributed by atoms with van der Waals surface area (Å²) < 4.78 is 24.8. The quantitative estimate of drug-likeness (QED) is 0.806. The summed E-state index contributed by atoms with van der Waals surface area (Å²) in [5, 5.41) is 0. The Morgan fingerprint density at radius 1 is 1.26 bits per heavy atom. The molecule has 2 aliphatic rings. The van der Waals surface area contributed by atoms with Crippen molar-refractivity contribution in [2.24, 2.45) is 11.8 Å². The fourth-order valence-corrected chi connectivity index (χ4v) is 3.59. The molecule has 4 atom stereocenters. The second-order valence-corrected chi connectivity index (χ2v) is 5.69. The molecule has 2 nitrogen and oxygen atoms in total. The van der Waals surface area contributed by atoms with Crippen LogP contribution in [0.5, 0.6) is 5.75 Å². The first-order valence-corrected chi connectivity index (χ1v) is 7.17. The predicted octanol–water partition coefficient (Wildman–Crippen LogP) is 3.91. The van der Waals surface area contributed by atoms with Gasteiger partial charge in [0.05, 0.1) is 13.2 Å². The van der Waals surface area contributed by atoms with Crippen LogP contribution in [0.4, 0.5) is 4.39 Å². The molecule has 104 valence electrons. The summed E-state index contributed by atoms with van der Waals surface area (Å²) in [6, 6.07) is 8.09. The third-order valence-electron chi connectivity index (χ3n) is 4.57. The highest BCUT2D eigenvalue weighted by molar-refractivity contribution is 5.30. The standard InChI is InChI=1S/C16H21FO2/c1-18-14-4-2-3-12(10-14)16-15-6-5-13(17)9-11(15)7-8-19-16/h2-4,10-11,13,15-16H,5-9H2,1H3/t11-,13?,15-,16+/m0/s1. The SMILES string of the molecule is COc1cccc([C@H]2OCC[C@H]3CC(F)CC[C@@H]32)c1. The van der Waals surface area contributed by atoms with Gasteiger partial charge in [-0.1, -0.05) is 12.1 Å². The smallest absolute Gasteiger partial charge is 0.119 e. The van der Waals surface area contributed by atoms with Crippen LogP contribution in [0.25, 0.3) is 0 Å². The zero-order chi connectivity index (χ0) is 13.2. The van der Waals surface area contributed by atoms with Gasteiger partial charge in [-0.05, 0) is 55.2 Å². The molecule has 1 aromatic carbocycles. The first-order valence-electron chi connectivity index (χ1n) is 7.17. The number of hydrogen-bond donors (Lipinski definition) is 0. The highest BCUT2D eigenvalue weighted by atomic mass is 19.1. The van der Waals surface area contributed by atoms with E-state index in [4.69, 9.17) is 9.47 Å². The number of methoxy groups -OCH3 is 1. The molecular weight excluding hydrogens is 243 g/mol. The number of halogens is 1. The van der Waals surface area contributed by atoms with E-state index in [1.54, 1.807) is 7.11 Å². The molecule has 0 spiro atoms. The fourth-order valence-electron chi connectivity index (χ4n) is 3.59. The minimum absolute atomic E-state index is 0.112. The Bertz CT molecular complexity index is 435. The van der Waals surface area contributed by atoms with Crippen LogP contribution >= 0.6 is 0 Å². The zero-order valence-electron chi connectivity index (χ0n) is 11.3. The summed E-state index contributed by atoms with van der Waals surface area (Å²) in [6.45, 7) is 0.746. The highest BCUT2D eigenvalue weighted by Gasteiger charge is 2.39. The summed E-state index contributed by atoms with van der Waals surface area (Å²) in [5.74, 6) is 1.81. The van der Waals surface area contributed by atoms with E-state index < -0.39 is 6.17 Å². The third-order valence-corrected chi connectivity index (χ3v) is 4.57. The monoisotopic (exact) mass is 264 g/mol. The average molecular weight is 264 g/mol. The van der Waals surface area contributed by atoms with Gasteiger partial charge in [-0.3, -0.25) is 0 Å². The molecule has 1 saturated carbocycles. The Morgan fingerprint density at radius 2 is 2.16 bits per heavy atom. The van der Waals surface area contributed by atoms with Crippen LogP contribution in [-0.4, -0.2) is 19.9 Å². The first-order chi connectivity index (χ1) is 9.28. The lowest BCUT2D eigenvalue weighted by Gasteiger charge is -2.42. The van der Waals surface area contributed by atoms with Crippen LogP contribution in [-0.2, 0) is 4.74 Å². The molecular formula is C16H21FO2. The molecule has 19 heavy (non-hydrogen) atoms. The van der Waals surface area contributed by atoms with Crippen LogP contribution in [0.15, 0.2) is 24.3 Å². The Kier molecular flexibility index (Phi) is 3.74. The van der Waals surface area contributed by atoms with Crippen molar-refractivity contribution in [2.75, 3.05) is 13.7 Å². The van der Waals surface area contributed by atoms with Crippen LogP contribution in [0, 0.1) is 11.8 Å². The largest absolute Gasteiger partial charge is 0.497 e. The maximum atomic E-state index is 13.5. The first kappa shape index (κ1) is 12.9. The van der Waals surface area contributed by atoms with E-state index >= 15 is 0 Å². The van der Waals surface area contributed by atoms with Gasteiger partial charge in [-0.2, -0.15) is 0 Å². The van der Waals surface area contributed by atoms with Crippen molar-refractivity contribution < 1.29 is 13.9 Å². The number of ether oxygens (including phenoxy) is 2. The van der Waals surface area contributed by atoms with Gasteiger partial charge in [0.2, 0.25) is 0 Å². The van der Waals surface area contributed by atoms with E-state index in [1.165, 1.54) is 5.56 Å². The van der Waals surface area contributed by atoms with E-state index in [0.717, 1.165) is 25.2 Å². The molecule has 2 fully saturated rings. The van der Waals surface area contributed by atoms with Crippen LogP contribution in [0.1, 0.15) is 37.4 Å². The molecule has 1 heterocycles. The van der Waals surface area contributed by atoms with Crippen molar-refractivity contribution in [3.8, 4) is 5.75 Å². The molecule has 0 amide bonds. The minimum atomic E-state index is -0.606. The molecule has 0 aromatic heterocycles. The van der Waals surface area contributed by atoms with Crippen LogP contribution in [0.2, 0.25) is 0 Å². The number of benzene rings is 1. The molecule has 0 radical (unpaired) electrons. The normalized spacial score (nSPS) is 34.6. The van der Waals surface area contributed by atoms with Crippen LogP contribution < -0.4 is 4.74 Å². The third kappa shape index (κ3) is 2.62. The summed E-state index contributed by atoms with van der Waals surface area (Å²) in [4.78, 5) is 0. The topological polar surface area (TPSA) is 18.5 Å². The van der Waals surface area contributed by atoms with Crippen molar-refractivity contribution in [2.45, 2.75) is 38.0 Å². The van der Waals surface area contributed by atoms with Crippen molar-refractivity contribution in [1.29, 1.82) is 0 Å². The van der Waals surface area contributed by atoms with E-state index in [-0.39, 0.29) is 6.10 Å². The lowest BCUT2D eigenvalue weighted by molar-refractivity contribution is -0.0832. The molecule has 0 bridgehead atoms. The van der Waals surface area contributed by atoms with Crippen molar-refractivity contribution in [3.05, 3.63) is 29.8 Å². The van der Waals surface area contributed by atoms with E-state index in [0.29, 0.717) is 24.7 Å². The van der Waals surface area contributed by atoms with Gasteiger partial charge in [0, 0.05) is 6.61 Å². The summed E-state index contributed by atoms with van der Waals surface area (Å²) in [6.07, 6.45) is 2.85. The molecule has 1 unspecified atom stereocenters. The zero-order valence-corrected chi connectivity index (χ0v) is 11.3. The van der Waals surface area contributed by atoms with Gasteiger partial charge in [0.25, 0.3) is 0 Å². The highest BCUT2D eigenvalue weighted by Crippen LogP contribution is 2.46. The number of rotatable bonds is 2. The van der Waals surface area contributed by atoms with Gasteiger partial charge < -0.3 is 9.47 Å². The molecule has 1 aliphatic carbocycles. The Labute approximate surface area is 113 Å². The maximum absolute atomic E-state index is 13.5. The Morgan fingerprint density at radius 3 is 3.00 bits per heavy atom. The maximum Gasteiger partial charge on any atom is 0.119 e. The number of hydrogen-bond acceptors (Lipinski definition) is 2. The predicted molar refractivity (Wildman–Crippen MR) is 72.0 cm³/mol. The van der Waals surface area contributed by atoms with Crippen molar-refractivity contribution >= 4 is 0 Å². The lowest BCUT2D eigenvalue weighted by atomic mass is 9.71. The van der Waals surface area contributed by atoms with Gasteiger partial charge in [0.1, 0.15) is 11.9 Å². The van der Waals surface area contributed by atoms with Crippen LogP contribution in [0.3, 0.4) is 0 Å². The summed E-state index contributed by atoms with van der Waals surface area (Å²) in [7, 11) is 1.68. The van der Waals surface area contributed by atoms with Crippen molar-refractivity contribution in [3.63, 3.8) is 0 Å². The average Bonchev–Trinajstić information content (AvgIpc) is 2.46. The summed E-state index contributed by atoms with van der Waals surface area (Å²) >= 11 is 0. The number of fused-ring (bicyclic) bond motifs is 1.